The van der Waals surface area contributed by atoms with Crippen LogP contribution in [0.15, 0.2) is 36.2 Å². The zero-order valence-corrected chi connectivity index (χ0v) is 17.4. The van der Waals surface area contributed by atoms with E-state index in [9.17, 15) is 4.79 Å². The Bertz CT molecular complexity index is 692. The molecule has 2 bridgehead atoms. The molecule has 5 rings (SSSR count). The third kappa shape index (κ3) is 4.47. The first-order chi connectivity index (χ1) is 13.6. The summed E-state index contributed by atoms with van der Waals surface area (Å²) in [6, 6.07) is 5.04. The number of carbonyl (C=O) groups excluding carboxylic acids is 1. The minimum absolute atomic E-state index is 0.135. The van der Waals surface area contributed by atoms with E-state index in [1.807, 2.05) is 17.0 Å². The van der Waals surface area contributed by atoms with Gasteiger partial charge in [0.15, 0.2) is 0 Å². The van der Waals surface area contributed by atoms with Crippen LogP contribution in [0.1, 0.15) is 49.9 Å². The van der Waals surface area contributed by atoms with E-state index < -0.39 is 0 Å². The lowest BCUT2D eigenvalue weighted by atomic mass is 9.95. The SMILES string of the molecule is CC(C)=CCN1C[C@H]2CC[C@@H]1CN(C1CCN(C(=O)c3cccnc3)CC1)C2. The number of fused-ring (bicyclic) bond motifs is 4. The first kappa shape index (κ1) is 19.6. The summed E-state index contributed by atoms with van der Waals surface area (Å²) in [6.45, 7) is 10.9. The van der Waals surface area contributed by atoms with Crippen molar-refractivity contribution in [3.8, 4) is 0 Å². The molecule has 4 aliphatic heterocycles. The third-order valence-corrected chi connectivity index (χ3v) is 6.77. The van der Waals surface area contributed by atoms with Crippen LogP contribution < -0.4 is 0 Å². The van der Waals surface area contributed by atoms with Crippen molar-refractivity contribution in [2.24, 2.45) is 5.92 Å². The average molecular weight is 383 g/mol. The highest BCUT2D eigenvalue weighted by Crippen LogP contribution is 2.31. The van der Waals surface area contributed by atoms with Crippen LogP contribution >= 0.6 is 0 Å². The van der Waals surface area contributed by atoms with Crippen molar-refractivity contribution < 1.29 is 4.79 Å². The van der Waals surface area contributed by atoms with Gasteiger partial charge in [0.2, 0.25) is 0 Å². The number of carbonyl (C=O) groups is 1. The summed E-state index contributed by atoms with van der Waals surface area (Å²) in [6.07, 6.45) is 10.7. The number of pyridine rings is 1. The number of rotatable bonds is 4. The second-order valence-electron chi connectivity index (χ2n) is 9.05. The molecule has 4 saturated heterocycles. The van der Waals surface area contributed by atoms with E-state index in [1.165, 1.54) is 38.0 Å². The second kappa shape index (κ2) is 8.75. The van der Waals surface area contributed by atoms with Gasteiger partial charge >= 0.3 is 0 Å². The van der Waals surface area contributed by atoms with Gasteiger partial charge in [-0.25, -0.2) is 0 Å². The predicted octanol–water partition coefficient (Wildman–Crippen LogP) is 3.05. The van der Waals surface area contributed by atoms with E-state index in [0.717, 1.165) is 38.4 Å². The normalized spacial score (nSPS) is 26.9. The standard InChI is InChI=1S/C23H34N4O/c1-18(2)7-11-26-15-19-5-6-22(26)17-27(16-19)21-8-12-25(13-9-21)23(28)20-4-3-10-24-14-20/h3-4,7,10,14,19,21-22H,5-6,8-9,11-13,15-17H2,1-2H3/t19-,22-/m1/s1. The van der Waals surface area contributed by atoms with Gasteiger partial charge in [0.05, 0.1) is 5.56 Å². The number of hydrogen-bond acceptors (Lipinski definition) is 4. The van der Waals surface area contributed by atoms with Crippen molar-refractivity contribution >= 4 is 5.91 Å². The van der Waals surface area contributed by atoms with E-state index in [0.29, 0.717) is 17.6 Å². The lowest BCUT2D eigenvalue weighted by Crippen LogP contribution is -2.49. The van der Waals surface area contributed by atoms with Crippen LogP contribution in [0.3, 0.4) is 0 Å². The Morgan fingerprint density at radius 1 is 1.11 bits per heavy atom. The van der Waals surface area contributed by atoms with Crippen molar-refractivity contribution in [2.75, 3.05) is 39.3 Å². The maximum Gasteiger partial charge on any atom is 0.255 e. The maximum atomic E-state index is 12.7. The van der Waals surface area contributed by atoms with E-state index in [-0.39, 0.29) is 5.91 Å². The molecule has 2 atom stereocenters. The van der Waals surface area contributed by atoms with Crippen molar-refractivity contribution in [1.29, 1.82) is 0 Å². The summed E-state index contributed by atoms with van der Waals surface area (Å²) >= 11 is 0. The van der Waals surface area contributed by atoms with Crippen molar-refractivity contribution in [2.45, 2.75) is 51.6 Å². The molecule has 0 radical (unpaired) electrons. The fourth-order valence-electron chi connectivity index (χ4n) is 5.14. The molecule has 5 nitrogen and oxygen atoms in total. The number of piperidine rings is 2. The van der Waals surface area contributed by atoms with Gasteiger partial charge in [0.25, 0.3) is 5.91 Å². The molecule has 4 aliphatic rings. The molecular weight excluding hydrogens is 348 g/mol. The highest BCUT2D eigenvalue weighted by atomic mass is 16.2. The lowest BCUT2D eigenvalue weighted by molar-refractivity contribution is 0.0605. The topological polar surface area (TPSA) is 39.7 Å². The van der Waals surface area contributed by atoms with Crippen molar-refractivity contribution in [1.82, 2.24) is 19.7 Å². The first-order valence-electron chi connectivity index (χ1n) is 10.9. The largest absolute Gasteiger partial charge is 0.338 e. The quantitative estimate of drug-likeness (QED) is 0.751. The third-order valence-electron chi connectivity index (χ3n) is 6.77. The molecule has 0 aromatic carbocycles. The molecule has 1 aromatic heterocycles. The van der Waals surface area contributed by atoms with Crippen LogP contribution in [0.2, 0.25) is 0 Å². The van der Waals surface area contributed by atoms with Crippen LogP contribution in [0.5, 0.6) is 0 Å². The van der Waals surface area contributed by atoms with Crippen LogP contribution in [-0.2, 0) is 0 Å². The molecule has 5 heteroatoms. The Hall–Kier alpha value is -1.72. The fraction of sp³-hybridized carbons (Fsp3) is 0.652. The molecule has 0 unspecified atom stereocenters. The fourth-order valence-corrected chi connectivity index (χ4v) is 5.14. The highest BCUT2D eigenvalue weighted by Gasteiger charge is 2.37. The summed E-state index contributed by atoms with van der Waals surface area (Å²) in [7, 11) is 0. The Kier molecular flexibility index (Phi) is 6.12. The van der Waals surface area contributed by atoms with E-state index in [1.54, 1.807) is 12.4 Å². The second-order valence-corrected chi connectivity index (χ2v) is 9.05. The number of allylic oxidation sites excluding steroid dienone is 1. The van der Waals surface area contributed by atoms with Crippen LogP contribution in [0.25, 0.3) is 0 Å². The molecule has 4 fully saturated rings. The molecule has 1 amide bonds. The van der Waals surface area contributed by atoms with Gasteiger partial charge in [-0.05, 0) is 57.6 Å². The zero-order valence-electron chi connectivity index (χ0n) is 17.4. The van der Waals surface area contributed by atoms with E-state index in [2.05, 4.69) is 34.7 Å². The maximum absolute atomic E-state index is 12.7. The molecule has 1 aromatic rings. The molecular formula is C23H34N4O. The molecule has 0 saturated carbocycles. The van der Waals surface area contributed by atoms with Crippen molar-refractivity contribution in [3.63, 3.8) is 0 Å². The number of likely N-dealkylation sites (tertiary alicyclic amines) is 1. The van der Waals surface area contributed by atoms with Gasteiger partial charge in [-0.3, -0.25) is 19.6 Å². The highest BCUT2D eigenvalue weighted by molar-refractivity contribution is 5.93. The van der Waals surface area contributed by atoms with E-state index >= 15 is 0 Å². The molecule has 152 valence electrons. The molecule has 0 aliphatic carbocycles. The Morgan fingerprint density at radius 2 is 1.93 bits per heavy atom. The minimum Gasteiger partial charge on any atom is -0.338 e. The Morgan fingerprint density at radius 3 is 2.64 bits per heavy atom. The summed E-state index contributed by atoms with van der Waals surface area (Å²) in [5, 5.41) is 0. The summed E-state index contributed by atoms with van der Waals surface area (Å²) in [4.78, 5) is 24.3. The number of nitrogens with zero attached hydrogens (tertiary/aromatic N) is 4. The smallest absolute Gasteiger partial charge is 0.255 e. The minimum atomic E-state index is 0.135. The zero-order chi connectivity index (χ0) is 19.5. The number of hydrogen-bond donors (Lipinski definition) is 0. The van der Waals surface area contributed by atoms with E-state index in [4.69, 9.17) is 0 Å². The predicted molar refractivity (Wildman–Crippen MR) is 112 cm³/mol. The lowest BCUT2D eigenvalue weighted by Gasteiger charge is -2.39. The van der Waals surface area contributed by atoms with Crippen LogP contribution in [0.4, 0.5) is 0 Å². The number of aromatic nitrogens is 1. The first-order valence-corrected chi connectivity index (χ1v) is 10.9. The van der Waals surface area contributed by atoms with Gasteiger partial charge in [-0.15, -0.1) is 0 Å². The molecule has 28 heavy (non-hydrogen) atoms. The van der Waals surface area contributed by atoms with Crippen molar-refractivity contribution in [3.05, 3.63) is 41.7 Å². The summed E-state index contributed by atoms with van der Waals surface area (Å²) < 4.78 is 0. The number of amides is 1. The molecule has 0 N–H and O–H groups in total. The Balaban J connectivity index is 1.34. The monoisotopic (exact) mass is 382 g/mol. The molecule has 0 spiro atoms. The molecule has 5 heterocycles. The Labute approximate surface area is 169 Å². The average Bonchev–Trinajstić information content (AvgIpc) is 3.04. The van der Waals surface area contributed by atoms with Gasteiger partial charge in [-0.1, -0.05) is 11.6 Å². The van der Waals surface area contributed by atoms with Gasteiger partial charge < -0.3 is 4.90 Å². The van der Waals surface area contributed by atoms with Crippen LogP contribution in [-0.4, -0.2) is 76.9 Å². The van der Waals surface area contributed by atoms with Crippen LogP contribution in [0, 0.1) is 5.92 Å². The summed E-state index contributed by atoms with van der Waals surface area (Å²) in [5.41, 5.74) is 2.13. The van der Waals surface area contributed by atoms with Gasteiger partial charge in [0, 0.05) is 63.7 Å². The van der Waals surface area contributed by atoms with Gasteiger partial charge in [0.1, 0.15) is 0 Å². The van der Waals surface area contributed by atoms with Gasteiger partial charge in [-0.2, -0.15) is 0 Å². The summed E-state index contributed by atoms with van der Waals surface area (Å²) in [5.74, 6) is 0.940.